The van der Waals surface area contributed by atoms with Gasteiger partial charge in [0, 0.05) is 24.3 Å². The van der Waals surface area contributed by atoms with Gasteiger partial charge >= 0.3 is 12.4 Å². The molecule has 1 aliphatic carbocycles. The lowest BCUT2D eigenvalue weighted by Gasteiger charge is -2.30. The Morgan fingerprint density at radius 3 is 2.52 bits per heavy atom. The highest BCUT2D eigenvalue weighted by molar-refractivity contribution is 5.89. The molecule has 1 N–H and O–H groups in total. The maximum Gasteiger partial charge on any atom is 0.573 e. The zero-order valence-corrected chi connectivity index (χ0v) is 14.9. The van der Waals surface area contributed by atoms with Gasteiger partial charge < -0.3 is 15.0 Å². The van der Waals surface area contributed by atoms with Gasteiger partial charge in [0.1, 0.15) is 5.75 Å². The van der Waals surface area contributed by atoms with Crippen molar-refractivity contribution in [3.05, 3.63) is 60.2 Å². The van der Waals surface area contributed by atoms with Crippen LogP contribution in [0.1, 0.15) is 25.3 Å². The van der Waals surface area contributed by atoms with Gasteiger partial charge in [0.2, 0.25) is 0 Å². The van der Waals surface area contributed by atoms with Crippen molar-refractivity contribution in [1.82, 2.24) is 4.90 Å². The summed E-state index contributed by atoms with van der Waals surface area (Å²) in [4.78, 5) is 14.6. The number of ether oxygens (including phenoxy) is 1. The standard InChI is InChI=1S/C20H21F3N2O2/c1-14(16-10-11-16)25(13-15-6-3-2-4-7-15)19(26)24-17-8-5-9-18(12-17)27-20(21,22)23/h2-9,12,14,16H,10-11,13H2,1H3,(H,24,26). The van der Waals surface area contributed by atoms with E-state index in [1.54, 1.807) is 4.90 Å². The van der Waals surface area contributed by atoms with Crippen molar-refractivity contribution in [2.75, 3.05) is 5.32 Å². The van der Waals surface area contributed by atoms with E-state index in [4.69, 9.17) is 0 Å². The van der Waals surface area contributed by atoms with Gasteiger partial charge in [-0.2, -0.15) is 0 Å². The summed E-state index contributed by atoms with van der Waals surface area (Å²) in [6.07, 6.45) is -2.62. The molecule has 0 aromatic heterocycles. The Morgan fingerprint density at radius 2 is 1.89 bits per heavy atom. The number of carbonyl (C=O) groups is 1. The number of anilines is 1. The molecule has 0 bridgehead atoms. The first-order valence-electron chi connectivity index (χ1n) is 8.79. The molecule has 1 fully saturated rings. The third kappa shape index (κ3) is 5.64. The number of nitrogens with zero attached hydrogens (tertiary/aromatic N) is 1. The first-order valence-corrected chi connectivity index (χ1v) is 8.79. The lowest BCUT2D eigenvalue weighted by molar-refractivity contribution is -0.274. The van der Waals surface area contributed by atoms with Crippen LogP contribution in [-0.2, 0) is 6.54 Å². The first-order chi connectivity index (χ1) is 12.8. The normalized spacial score (nSPS) is 15.1. The van der Waals surface area contributed by atoms with Crippen molar-refractivity contribution in [2.45, 2.75) is 38.7 Å². The quantitative estimate of drug-likeness (QED) is 0.729. The molecule has 0 heterocycles. The summed E-state index contributed by atoms with van der Waals surface area (Å²) in [7, 11) is 0. The average Bonchev–Trinajstić information content (AvgIpc) is 3.44. The Hall–Kier alpha value is -2.70. The number of hydrogen-bond donors (Lipinski definition) is 1. The van der Waals surface area contributed by atoms with E-state index in [2.05, 4.69) is 10.1 Å². The molecule has 0 spiro atoms. The number of amides is 2. The van der Waals surface area contributed by atoms with Crippen LogP contribution >= 0.6 is 0 Å². The lowest BCUT2D eigenvalue weighted by Crippen LogP contribution is -2.42. The Morgan fingerprint density at radius 1 is 1.19 bits per heavy atom. The molecule has 1 aliphatic rings. The number of rotatable bonds is 6. The summed E-state index contributed by atoms with van der Waals surface area (Å²) in [6, 6.07) is 14.6. The van der Waals surface area contributed by atoms with Crippen LogP contribution < -0.4 is 10.1 Å². The molecule has 1 unspecified atom stereocenters. The van der Waals surface area contributed by atoms with Crippen LogP contribution in [-0.4, -0.2) is 23.3 Å². The van der Waals surface area contributed by atoms with Crippen molar-refractivity contribution >= 4 is 11.7 Å². The molecular formula is C20H21F3N2O2. The fourth-order valence-corrected chi connectivity index (χ4v) is 2.98. The van der Waals surface area contributed by atoms with Gasteiger partial charge in [-0.05, 0) is 43.4 Å². The van der Waals surface area contributed by atoms with Gasteiger partial charge in [-0.3, -0.25) is 0 Å². The molecule has 27 heavy (non-hydrogen) atoms. The van der Waals surface area contributed by atoms with Crippen LogP contribution in [0.5, 0.6) is 5.75 Å². The molecule has 0 radical (unpaired) electrons. The van der Waals surface area contributed by atoms with Gasteiger partial charge in [-0.15, -0.1) is 13.2 Å². The molecule has 2 amide bonds. The van der Waals surface area contributed by atoms with Crippen molar-refractivity contribution in [3.63, 3.8) is 0 Å². The minimum absolute atomic E-state index is 0.0415. The van der Waals surface area contributed by atoms with E-state index in [1.165, 1.54) is 18.2 Å². The SMILES string of the molecule is CC(C1CC1)N(Cc1ccccc1)C(=O)Nc1cccc(OC(F)(F)F)c1. The molecule has 4 nitrogen and oxygen atoms in total. The van der Waals surface area contributed by atoms with Crippen LogP contribution in [0.2, 0.25) is 0 Å². The summed E-state index contributed by atoms with van der Waals surface area (Å²) < 4.78 is 41.1. The highest BCUT2D eigenvalue weighted by atomic mass is 19.4. The fourth-order valence-electron chi connectivity index (χ4n) is 2.98. The van der Waals surface area contributed by atoms with E-state index in [9.17, 15) is 18.0 Å². The smallest absolute Gasteiger partial charge is 0.406 e. The van der Waals surface area contributed by atoms with E-state index in [-0.39, 0.29) is 23.5 Å². The number of nitrogens with one attached hydrogen (secondary N) is 1. The predicted octanol–water partition coefficient (Wildman–Crippen LogP) is 5.42. The number of hydrogen-bond acceptors (Lipinski definition) is 2. The summed E-state index contributed by atoms with van der Waals surface area (Å²) >= 11 is 0. The van der Waals surface area contributed by atoms with Crippen molar-refractivity contribution in [1.29, 1.82) is 0 Å². The Labute approximate surface area is 155 Å². The molecule has 3 rings (SSSR count). The third-order valence-corrected chi connectivity index (χ3v) is 4.57. The minimum Gasteiger partial charge on any atom is -0.406 e. The second kappa shape index (κ2) is 7.90. The molecule has 0 saturated heterocycles. The van der Waals surface area contributed by atoms with Gasteiger partial charge in [-0.1, -0.05) is 36.4 Å². The molecule has 7 heteroatoms. The zero-order valence-electron chi connectivity index (χ0n) is 14.9. The number of alkyl halides is 3. The molecule has 2 aromatic carbocycles. The maximum atomic E-state index is 12.8. The highest BCUT2D eigenvalue weighted by Gasteiger charge is 2.34. The first kappa shape index (κ1) is 19.1. The van der Waals surface area contributed by atoms with Crippen LogP contribution in [0.25, 0.3) is 0 Å². The molecule has 1 saturated carbocycles. The van der Waals surface area contributed by atoms with E-state index in [1.807, 2.05) is 37.3 Å². The van der Waals surface area contributed by atoms with E-state index >= 15 is 0 Å². The zero-order chi connectivity index (χ0) is 19.4. The van der Waals surface area contributed by atoms with E-state index in [0.717, 1.165) is 24.5 Å². The summed E-state index contributed by atoms with van der Waals surface area (Å²) in [5.74, 6) is 0.0875. The molecule has 144 valence electrons. The molecule has 1 atom stereocenters. The fraction of sp³-hybridized carbons (Fsp3) is 0.350. The topological polar surface area (TPSA) is 41.6 Å². The van der Waals surface area contributed by atoms with E-state index in [0.29, 0.717) is 12.5 Å². The molecule has 0 aliphatic heterocycles. The van der Waals surface area contributed by atoms with Crippen LogP contribution in [0.15, 0.2) is 54.6 Å². The number of carbonyl (C=O) groups excluding carboxylic acids is 1. The van der Waals surface area contributed by atoms with Crippen molar-refractivity contribution in [2.24, 2.45) is 5.92 Å². The average molecular weight is 378 g/mol. The van der Waals surface area contributed by atoms with Gasteiger partial charge in [0.25, 0.3) is 0 Å². The van der Waals surface area contributed by atoms with Crippen LogP contribution in [0, 0.1) is 5.92 Å². The van der Waals surface area contributed by atoms with E-state index < -0.39 is 6.36 Å². The summed E-state index contributed by atoms with van der Waals surface area (Å²) in [5, 5.41) is 2.69. The van der Waals surface area contributed by atoms with Crippen molar-refractivity contribution in [3.8, 4) is 5.75 Å². The van der Waals surface area contributed by atoms with Gasteiger partial charge in [0.05, 0.1) is 0 Å². The highest BCUT2D eigenvalue weighted by Crippen LogP contribution is 2.36. The second-order valence-corrected chi connectivity index (χ2v) is 6.70. The molecular weight excluding hydrogens is 357 g/mol. The van der Waals surface area contributed by atoms with Gasteiger partial charge in [0.15, 0.2) is 0 Å². The Balaban J connectivity index is 1.73. The minimum atomic E-state index is -4.78. The van der Waals surface area contributed by atoms with Crippen LogP contribution in [0.4, 0.5) is 23.7 Å². The number of urea groups is 1. The monoisotopic (exact) mass is 378 g/mol. The largest absolute Gasteiger partial charge is 0.573 e. The Bertz CT molecular complexity index is 776. The third-order valence-electron chi connectivity index (χ3n) is 4.57. The van der Waals surface area contributed by atoms with Crippen molar-refractivity contribution < 1.29 is 22.7 Å². The van der Waals surface area contributed by atoms with Gasteiger partial charge in [-0.25, -0.2) is 4.79 Å². The number of benzene rings is 2. The summed E-state index contributed by atoms with van der Waals surface area (Å²) in [6.45, 7) is 2.44. The number of halogens is 3. The maximum absolute atomic E-state index is 12.8. The summed E-state index contributed by atoms with van der Waals surface area (Å²) in [5.41, 5.74) is 1.25. The predicted molar refractivity (Wildman–Crippen MR) is 96.3 cm³/mol. The van der Waals surface area contributed by atoms with Crippen LogP contribution in [0.3, 0.4) is 0 Å². The second-order valence-electron chi connectivity index (χ2n) is 6.70. The lowest BCUT2D eigenvalue weighted by atomic mass is 10.1. The Kier molecular flexibility index (Phi) is 5.58. The molecule has 2 aromatic rings.